The molecule has 4 heteroatoms. The lowest BCUT2D eigenvalue weighted by atomic mass is 10.1. The Hall–Kier alpha value is -0.220. The zero-order chi connectivity index (χ0) is 11.0. The summed E-state index contributed by atoms with van der Waals surface area (Å²) in [6.07, 6.45) is 4.09. The van der Waals surface area contributed by atoms with Crippen LogP contribution in [0.3, 0.4) is 0 Å². The predicted molar refractivity (Wildman–Crippen MR) is 61.5 cm³/mol. The normalized spacial score (nSPS) is 14.9. The summed E-state index contributed by atoms with van der Waals surface area (Å²) in [7, 11) is 0. The van der Waals surface area contributed by atoms with Gasteiger partial charge in [-0.2, -0.15) is 11.8 Å². The molecule has 0 bridgehead atoms. The summed E-state index contributed by atoms with van der Waals surface area (Å²) < 4.78 is 0. The van der Waals surface area contributed by atoms with Crippen molar-refractivity contribution in [3.63, 3.8) is 0 Å². The molecule has 2 N–H and O–H groups in total. The molecule has 0 aromatic heterocycles. The van der Waals surface area contributed by atoms with Gasteiger partial charge in [0.25, 0.3) is 0 Å². The lowest BCUT2D eigenvalue weighted by Crippen LogP contribution is -2.36. The second-order valence-electron chi connectivity index (χ2n) is 3.44. The highest BCUT2D eigenvalue weighted by Gasteiger charge is 2.12. The van der Waals surface area contributed by atoms with E-state index in [1.54, 1.807) is 11.8 Å². The van der Waals surface area contributed by atoms with Gasteiger partial charge in [-0.1, -0.05) is 13.8 Å². The molecule has 14 heavy (non-hydrogen) atoms. The lowest BCUT2D eigenvalue weighted by molar-refractivity contribution is -0.121. The maximum atomic E-state index is 11.5. The van der Waals surface area contributed by atoms with Gasteiger partial charge in [-0.3, -0.25) is 4.79 Å². The van der Waals surface area contributed by atoms with Crippen LogP contribution in [0, 0.1) is 0 Å². The van der Waals surface area contributed by atoms with Gasteiger partial charge in [0, 0.05) is 24.3 Å². The molecule has 0 rings (SSSR count). The van der Waals surface area contributed by atoms with E-state index in [0.717, 1.165) is 6.42 Å². The molecular formula is C10H21NO2S. The molecule has 0 radical (unpaired) electrons. The van der Waals surface area contributed by atoms with Crippen LogP contribution in [0.25, 0.3) is 0 Å². The first-order valence-electron chi connectivity index (χ1n) is 5.07. The Morgan fingerprint density at radius 2 is 2.21 bits per heavy atom. The van der Waals surface area contributed by atoms with E-state index in [9.17, 15) is 4.79 Å². The molecule has 1 amide bonds. The van der Waals surface area contributed by atoms with Crippen molar-refractivity contribution >= 4 is 17.7 Å². The Kier molecular flexibility index (Phi) is 7.99. The molecule has 0 aliphatic heterocycles. The van der Waals surface area contributed by atoms with Crippen LogP contribution < -0.4 is 5.32 Å². The number of aliphatic hydroxyl groups is 1. The Morgan fingerprint density at radius 1 is 1.57 bits per heavy atom. The minimum absolute atomic E-state index is 0.0900. The second kappa shape index (κ2) is 8.12. The summed E-state index contributed by atoms with van der Waals surface area (Å²) in [6, 6.07) is 0.126. The van der Waals surface area contributed by atoms with Gasteiger partial charge in [0.1, 0.15) is 0 Å². The van der Waals surface area contributed by atoms with Crippen LogP contribution in [0.5, 0.6) is 0 Å². The fraction of sp³-hybridized carbons (Fsp3) is 0.900. The van der Waals surface area contributed by atoms with Crippen LogP contribution in [-0.2, 0) is 4.79 Å². The number of thioether (sulfide) groups is 1. The van der Waals surface area contributed by atoms with Crippen LogP contribution in [0.15, 0.2) is 0 Å². The largest absolute Gasteiger partial charge is 0.396 e. The van der Waals surface area contributed by atoms with Crippen molar-refractivity contribution < 1.29 is 9.90 Å². The van der Waals surface area contributed by atoms with Gasteiger partial charge in [-0.15, -0.1) is 0 Å². The minimum atomic E-state index is 0.0900. The molecule has 0 aliphatic carbocycles. The summed E-state index contributed by atoms with van der Waals surface area (Å²) in [5, 5.41) is 12.0. The molecule has 2 unspecified atom stereocenters. The summed E-state index contributed by atoms with van der Waals surface area (Å²) in [6.45, 7) is 4.19. The number of hydrogen-bond acceptors (Lipinski definition) is 3. The summed E-state index contributed by atoms with van der Waals surface area (Å²) in [5.74, 6) is 0.0900. The van der Waals surface area contributed by atoms with Gasteiger partial charge in [0.05, 0.1) is 0 Å². The Morgan fingerprint density at radius 3 is 2.64 bits per heavy atom. The van der Waals surface area contributed by atoms with Crippen molar-refractivity contribution in [2.45, 2.75) is 44.4 Å². The Bertz CT molecular complexity index is 164. The molecule has 3 nitrogen and oxygen atoms in total. The van der Waals surface area contributed by atoms with Gasteiger partial charge in [-0.05, 0) is 19.1 Å². The third kappa shape index (κ3) is 6.27. The summed E-state index contributed by atoms with van der Waals surface area (Å²) in [4.78, 5) is 11.5. The third-order valence-electron chi connectivity index (χ3n) is 2.21. The first-order chi connectivity index (χ1) is 6.63. The number of amides is 1. The van der Waals surface area contributed by atoms with Gasteiger partial charge < -0.3 is 10.4 Å². The van der Waals surface area contributed by atoms with Gasteiger partial charge in [0.2, 0.25) is 5.91 Å². The fourth-order valence-electron chi connectivity index (χ4n) is 1.17. The molecule has 0 fully saturated rings. The smallest absolute Gasteiger partial charge is 0.221 e. The second-order valence-corrected chi connectivity index (χ2v) is 4.71. The number of carbonyl (C=O) groups excluding carboxylic acids is 1. The van der Waals surface area contributed by atoms with Crippen LogP contribution in [0.4, 0.5) is 0 Å². The van der Waals surface area contributed by atoms with Gasteiger partial charge in [-0.25, -0.2) is 0 Å². The quantitative estimate of drug-likeness (QED) is 0.680. The number of hydrogen-bond donors (Lipinski definition) is 2. The first kappa shape index (κ1) is 13.8. The highest BCUT2D eigenvalue weighted by molar-refractivity contribution is 7.99. The molecule has 84 valence electrons. The lowest BCUT2D eigenvalue weighted by Gasteiger charge is -2.16. The van der Waals surface area contributed by atoms with E-state index in [-0.39, 0.29) is 18.6 Å². The van der Waals surface area contributed by atoms with E-state index in [0.29, 0.717) is 18.1 Å². The summed E-state index contributed by atoms with van der Waals surface area (Å²) in [5.41, 5.74) is 0. The van der Waals surface area contributed by atoms with Crippen molar-refractivity contribution in [1.29, 1.82) is 0 Å². The van der Waals surface area contributed by atoms with Crippen LogP contribution in [-0.4, -0.2) is 35.2 Å². The molecule has 0 saturated carbocycles. The van der Waals surface area contributed by atoms with Crippen molar-refractivity contribution in [3.05, 3.63) is 0 Å². The molecule has 0 aromatic rings. The van der Waals surface area contributed by atoms with Crippen molar-refractivity contribution in [2.24, 2.45) is 0 Å². The number of aliphatic hydroxyl groups excluding tert-OH is 1. The van der Waals surface area contributed by atoms with Gasteiger partial charge in [0.15, 0.2) is 0 Å². The highest BCUT2D eigenvalue weighted by Crippen LogP contribution is 2.09. The summed E-state index contributed by atoms with van der Waals surface area (Å²) >= 11 is 1.69. The van der Waals surface area contributed by atoms with E-state index in [1.165, 1.54) is 0 Å². The van der Waals surface area contributed by atoms with Crippen LogP contribution in [0.2, 0.25) is 0 Å². The predicted octanol–water partition coefficient (Wildman–Crippen LogP) is 1.41. The number of rotatable bonds is 7. The first-order valence-corrected chi connectivity index (χ1v) is 6.35. The molecule has 0 saturated heterocycles. The monoisotopic (exact) mass is 219 g/mol. The van der Waals surface area contributed by atoms with Crippen molar-refractivity contribution in [2.75, 3.05) is 12.9 Å². The topological polar surface area (TPSA) is 49.3 Å². The van der Waals surface area contributed by atoms with E-state index >= 15 is 0 Å². The standard InChI is InChI=1S/C10H21NO2S/c1-4-9(5-6-12)11-10(13)7-8(2)14-3/h8-9,12H,4-7H2,1-3H3,(H,11,13). The minimum Gasteiger partial charge on any atom is -0.396 e. The molecule has 2 atom stereocenters. The molecule has 0 aliphatic rings. The average Bonchev–Trinajstić information content (AvgIpc) is 2.16. The van der Waals surface area contributed by atoms with E-state index in [1.807, 2.05) is 20.1 Å². The number of carbonyl (C=O) groups is 1. The maximum absolute atomic E-state index is 11.5. The highest BCUT2D eigenvalue weighted by atomic mass is 32.2. The maximum Gasteiger partial charge on any atom is 0.221 e. The Balaban J connectivity index is 3.78. The van der Waals surface area contributed by atoms with E-state index < -0.39 is 0 Å². The SMILES string of the molecule is CCC(CCO)NC(=O)CC(C)SC. The van der Waals surface area contributed by atoms with Crippen molar-refractivity contribution in [1.82, 2.24) is 5.32 Å². The third-order valence-corrected chi connectivity index (χ3v) is 3.18. The fourth-order valence-corrected chi connectivity index (χ4v) is 1.48. The zero-order valence-electron chi connectivity index (χ0n) is 9.25. The average molecular weight is 219 g/mol. The molecule has 0 heterocycles. The molecule has 0 aromatic carbocycles. The van der Waals surface area contributed by atoms with E-state index in [2.05, 4.69) is 5.32 Å². The Labute approximate surface area is 90.7 Å². The van der Waals surface area contributed by atoms with Crippen LogP contribution >= 0.6 is 11.8 Å². The molecular weight excluding hydrogens is 198 g/mol. The van der Waals surface area contributed by atoms with Crippen LogP contribution in [0.1, 0.15) is 33.1 Å². The molecule has 0 spiro atoms. The van der Waals surface area contributed by atoms with Gasteiger partial charge >= 0.3 is 0 Å². The van der Waals surface area contributed by atoms with E-state index in [4.69, 9.17) is 5.11 Å². The zero-order valence-corrected chi connectivity index (χ0v) is 10.1. The number of nitrogens with one attached hydrogen (secondary N) is 1. The van der Waals surface area contributed by atoms with Crippen molar-refractivity contribution in [3.8, 4) is 0 Å².